The number of aromatic nitrogens is 3. The van der Waals surface area contributed by atoms with E-state index < -0.39 is 24.2 Å². The van der Waals surface area contributed by atoms with E-state index in [-0.39, 0.29) is 23.5 Å². The largest absolute Gasteiger partial charge is 0.416 e. The Hall–Kier alpha value is -3.56. The first-order valence-corrected chi connectivity index (χ1v) is 8.59. The minimum atomic E-state index is -4.52. The minimum Gasteiger partial charge on any atom is -0.348 e. The molecule has 2 aromatic heterocycles. The van der Waals surface area contributed by atoms with Crippen LogP contribution in [0.3, 0.4) is 0 Å². The van der Waals surface area contributed by atoms with Crippen molar-refractivity contribution >= 4 is 5.91 Å². The second-order valence-corrected chi connectivity index (χ2v) is 6.19. The molecule has 0 aliphatic heterocycles. The van der Waals surface area contributed by atoms with Crippen molar-refractivity contribution in [2.24, 2.45) is 0 Å². The molecule has 2 heterocycles. The van der Waals surface area contributed by atoms with Crippen LogP contribution in [0.5, 0.6) is 0 Å². The van der Waals surface area contributed by atoms with Crippen LogP contribution in [-0.4, -0.2) is 20.7 Å². The number of pyridine rings is 1. The maximum absolute atomic E-state index is 13.0. The number of nitrogens with zero attached hydrogens (tertiary/aromatic N) is 3. The summed E-state index contributed by atoms with van der Waals surface area (Å²) in [5.41, 5.74) is 0.505. The summed E-state index contributed by atoms with van der Waals surface area (Å²) < 4.78 is 65.4. The van der Waals surface area contributed by atoms with Crippen LogP contribution in [0, 0.1) is 0 Å². The molecule has 156 valence electrons. The normalized spacial score (nSPS) is 11.5. The Morgan fingerprint density at radius 3 is 2.60 bits per heavy atom. The SMILES string of the molecule is C=CC(=O)NCc1cnc(-c2cccc(C(F)(F)F)c2)cc1-c1ccn(C(F)F)n1. The highest BCUT2D eigenvalue weighted by Crippen LogP contribution is 2.33. The number of carbonyl (C=O) groups excluding carboxylic acids is 1. The molecule has 1 N–H and O–H groups in total. The zero-order valence-corrected chi connectivity index (χ0v) is 15.3. The summed E-state index contributed by atoms with van der Waals surface area (Å²) in [7, 11) is 0. The topological polar surface area (TPSA) is 59.8 Å². The van der Waals surface area contributed by atoms with E-state index in [2.05, 4.69) is 22.0 Å². The van der Waals surface area contributed by atoms with Crippen LogP contribution in [-0.2, 0) is 17.5 Å². The molecule has 0 radical (unpaired) electrons. The van der Waals surface area contributed by atoms with Gasteiger partial charge in [0.1, 0.15) is 0 Å². The van der Waals surface area contributed by atoms with E-state index >= 15 is 0 Å². The molecule has 5 nitrogen and oxygen atoms in total. The Morgan fingerprint density at radius 2 is 1.97 bits per heavy atom. The van der Waals surface area contributed by atoms with Gasteiger partial charge in [-0.05, 0) is 35.9 Å². The molecule has 3 aromatic rings. The first kappa shape index (κ1) is 21.2. The fourth-order valence-electron chi connectivity index (χ4n) is 2.72. The van der Waals surface area contributed by atoms with Gasteiger partial charge in [-0.15, -0.1) is 0 Å². The first-order valence-electron chi connectivity index (χ1n) is 8.59. The number of rotatable bonds is 6. The third-order valence-electron chi connectivity index (χ3n) is 4.19. The fraction of sp³-hybridized carbons (Fsp3) is 0.150. The standard InChI is InChI=1S/C20H15F5N4O/c1-2-18(30)27-11-13-10-26-17(12-4-3-5-14(8-12)20(23,24)25)9-15(13)16-6-7-29(28-16)19(21)22/h2-10,19H,1,11H2,(H,27,30). The smallest absolute Gasteiger partial charge is 0.348 e. The van der Waals surface area contributed by atoms with Crippen molar-refractivity contribution in [3.63, 3.8) is 0 Å². The number of hydrogen-bond donors (Lipinski definition) is 1. The number of amides is 1. The summed E-state index contributed by atoms with van der Waals surface area (Å²) in [5, 5.41) is 6.35. The van der Waals surface area contributed by atoms with Gasteiger partial charge in [-0.25, -0.2) is 4.68 Å². The van der Waals surface area contributed by atoms with Crippen LogP contribution in [0.15, 0.2) is 61.4 Å². The zero-order chi connectivity index (χ0) is 21.9. The second kappa shape index (κ2) is 8.44. The lowest BCUT2D eigenvalue weighted by Gasteiger charge is -2.12. The van der Waals surface area contributed by atoms with Gasteiger partial charge < -0.3 is 5.32 Å². The summed E-state index contributed by atoms with van der Waals surface area (Å²) in [6, 6.07) is 7.39. The van der Waals surface area contributed by atoms with E-state index in [4.69, 9.17) is 0 Å². The molecule has 3 rings (SSSR count). The molecule has 10 heteroatoms. The van der Waals surface area contributed by atoms with Crippen LogP contribution < -0.4 is 5.32 Å². The maximum atomic E-state index is 13.0. The molecule has 1 amide bonds. The Labute approximate surface area is 167 Å². The summed E-state index contributed by atoms with van der Waals surface area (Å²) >= 11 is 0. The van der Waals surface area contributed by atoms with Crippen molar-refractivity contribution in [1.82, 2.24) is 20.1 Å². The Morgan fingerprint density at radius 1 is 1.20 bits per heavy atom. The maximum Gasteiger partial charge on any atom is 0.416 e. The van der Waals surface area contributed by atoms with Gasteiger partial charge >= 0.3 is 12.7 Å². The van der Waals surface area contributed by atoms with Crippen molar-refractivity contribution < 1.29 is 26.7 Å². The molecule has 0 saturated carbocycles. The highest BCUT2D eigenvalue weighted by Gasteiger charge is 2.30. The molecule has 30 heavy (non-hydrogen) atoms. The van der Waals surface area contributed by atoms with Crippen molar-refractivity contribution in [3.8, 4) is 22.5 Å². The number of alkyl halides is 5. The Kier molecular flexibility index (Phi) is 5.95. The predicted octanol–water partition coefficient (Wildman–Crippen LogP) is 4.83. The lowest BCUT2D eigenvalue weighted by atomic mass is 10.0. The lowest BCUT2D eigenvalue weighted by molar-refractivity contribution is -0.137. The van der Waals surface area contributed by atoms with Gasteiger partial charge in [-0.3, -0.25) is 9.78 Å². The van der Waals surface area contributed by atoms with Gasteiger partial charge in [0.05, 0.1) is 17.0 Å². The minimum absolute atomic E-state index is 0.00238. The average Bonchev–Trinajstić information content (AvgIpc) is 3.22. The van der Waals surface area contributed by atoms with Crippen LogP contribution in [0.1, 0.15) is 17.7 Å². The van der Waals surface area contributed by atoms with E-state index in [0.29, 0.717) is 15.8 Å². The van der Waals surface area contributed by atoms with Gasteiger partial charge in [0.2, 0.25) is 5.91 Å². The van der Waals surface area contributed by atoms with Crippen molar-refractivity contribution in [1.29, 1.82) is 0 Å². The second-order valence-electron chi connectivity index (χ2n) is 6.19. The van der Waals surface area contributed by atoms with E-state index in [9.17, 15) is 26.7 Å². The number of benzene rings is 1. The van der Waals surface area contributed by atoms with Gasteiger partial charge in [0, 0.05) is 30.1 Å². The summed E-state index contributed by atoms with van der Waals surface area (Å²) in [5.74, 6) is -0.457. The fourth-order valence-corrected chi connectivity index (χ4v) is 2.72. The van der Waals surface area contributed by atoms with Crippen LogP contribution >= 0.6 is 0 Å². The first-order chi connectivity index (χ1) is 14.2. The van der Waals surface area contributed by atoms with Gasteiger partial charge in [0.15, 0.2) is 0 Å². The van der Waals surface area contributed by atoms with E-state index in [1.54, 1.807) is 0 Å². The summed E-state index contributed by atoms with van der Waals surface area (Å²) in [6.45, 7) is 0.483. The molecule has 0 saturated heterocycles. The molecule has 0 atom stereocenters. The van der Waals surface area contributed by atoms with Crippen molar-refractivity contribution in [3.05, 3.63) is 72.6 Å². The monoisotopic (exact) mass is 422 g/mol. The van der Waals surface area contributed by atoms with Gasteiger partial charge in [-0.2, -0.15) is 27.1 Å². The van der Waals surface area contributed by atoms with Crippen molar-refractivity contribution in [2.45, 2.75) is 19.3 Å². The molecule has 0 fully saturated rings. The number of nitrogens with one attached hydrogen (secondary N) is 1. The van der Waals surface area contributed by atoms with Gasteiger partial charge in [0.25, 0.3) is 0 Å². The highest BCUT2D eigenvalue weighted by molar-refractivity contribution is 5.87. The predicted molar refractivity (Wildman–Crippen MR) is 99.2 cm³/mol. The zero-order valence-electron chi connectivity index (χ0n) is 15.3. The highest BCUT2D eigenvalue weighted by atomic mass is 19.4. The molecular formula is C20H15F5N4O. The van der Waals surface area contributed by atoms with Gasteiger partial charge in [-0.1, -0.05) is 18.7 Å². The molecule has 0 aliphatic carbocycles. The van der Waals surface area contributed by atoms with E-state index in [1.807, 2.05) is 0 Å². The van der Waals surface area contributed by atoms with E-state index in [0.717, 1.165) is 24.4 Å². The third-order valence-corrected chi connectivity index (χ3v) is 4.19. The number of carbonyl (C=O) groups is 1. The molecule has 0 aliphatic rings. The molecule has 0 bridgehead atoms. The number of hydrogen-bond acceptors (Lipinski definition) is 3. The Bertz CT molecular complexity index is 1080. The molecular weight excluding hydrogens is 407 g/mol. The van der Waals surface area contributed by atoms with Crippen LogP contribution in [0.4, 0.5) is 22.0 Å². The van der Waals surface area contributed by atoms with Crippen LogP contribution in [0.2, 0.25) is 0 Å². The molecule has 1 aromatic carbocycles. The average molecular weight is 422 g/mol. The van der Waals surface area contributed by atoms with Crippen LogP contribution in [0.25, 0.3) is 22.5 Å². The van der Waals surface area contributed by atoms with E-state index in [1.165, 1.54) is 30.5 Å². The quantitative estimate of drug-likeness (QED) is 0.457. The number of halogens is 5. The summed E-state index contributed by atoms with van der Waals surface area (Å²) in [4.78, 5) is 15.6. The molecule has 0 unspecified atom stereocenters. The Balaban J connectivity index is 2.06. The molecule has 0 spiro atoms. The third kappa shape index (κ3) is 4.70. The lowest BCUT2D eigenvalue weighted by Crippen LogP contribution is -2.20. The summed E-state index contributed by atoms with van der Waals surface area (Å²) in [6.07, 6.45) is -1.02. The van der Waals surface area contributed by atoms with Crippen molar-refractivity contribution in [2.75, 3.05) is 0 Å².